The molecule has 1 aromatic heterocycles. The Kier molecular flexibility index (Phi) is 6.43. The van der Waals surface area contributed by atoms with Crippen molar-refractivity contribution in [2.75, 3.05) is 32.0 Å². The number of hydrogen-bond acceptors (Lipinski definition) is 7. The van der Waals surface area contributed by atoms with Crippen LogP contribution >= 0.6 is 0 Å². The minimum Gasteiger partial charge on any atom is -0.431 e. The number of halogens is 2. The fourth-order valence-corrected chi connectivity index (χ4v) is 5.11. The Hall–Kier alpha value is -2.26. The summed E-state index contributed by atoms with van der Waals surface area (Å²) in [6.45, 7) is 4.82. The number of pyridine rings is 1. The van der Waals surface area contributed by atoms with Crippen LogP contribution in [0.3, 0.4) is 0 Å². The number of rotatable bonds is 8. The van der Waals surface area contributed by atoms with E-state index in [2.05, 4.69) is 33.8 Å². The molecular formula is C22H31F2N5O2. The van der Waals surface area contributed by atoms with Gasteiger partial charge >= 0.3 is 6.61 Å². The zero-order chi connectivity index (χ0) is 22.1. The summed E-state index contributed by atoms with van der Waals surface area (Å²) in [5.74, 6) is 1.34. The van der Waals surface area contributed by atoms with Gasteiger partial charge in [0.05, 0.1) is 18.9 Å². The van der Waals surface area contributed by atoms with Crippen molar-refractivity contribution in [2.24, 2.45) is 17.8 Å². The second-order valence-corrected chi connectivity index (χ2v) is 8.93. The lowest BCUT2D eigenvalue weighted by Gasteiger charge is -2.33. The average molecular weight is 436 g/mol. The molecule has 0 unspecified atom stereocenters. The number of nitrogen functional groups attached to an aromatic ring is 1. The number of alkyl halides is 2. The second-order valence-electron chi connectivity index (χ2n) is 8.93. The van der Waals surface area contributed by atoms with Gasteiger partial charge in [-0.2, -0.15) is 8.78 Å². The van der Waals surface area contributed by atoms with Crippen LogP contribution in [-0.4, -0.2) is 60.6 Å². The fourth-order valence-electron chi connectivity index (χ4n) is 5.11. The van der Waals surface area contributed by atoms with Gasteiger partial charge in [-0.15, -0.1) is 0 Å². The molecule has 0 radical (unpaired) electrons. The minimum absolute atomic E-state index is 0.118. The summed E-state index contributed by atoms with van der Waals surface area (Å²) in [7, 11) is 0. The molecule has 3 aliphatic rings. The van der Waals surface area contributed by atoms with Gasteiger partial charge in [0, 0.05) is 48.5 Å². The lowest BCUT2D eigenvalue weighted by Crippen LogP contribution is -2.43. The molecule has 170 valence electrons. The van der Waals surface area contributed by atoms with Crippen molar-refractivity contribution in [1.82, 2.24) is 15.2 Å². The van der Waals surface area contributed by atoms with Gasteiger partial charge in [0.1, 0.15) is 0 Å². The lowest BCUT2D eigenvalue weighted by atomic mass is 10.0. The van der Waals surface area contributed by atoms with Crippen LogP contribution in [0, 0.1) is 23.2 Å². The molecule has 0 spiro atoms. The molecule has 3 fully saturated rings. The predicted molar refractivity (Wildman–Crippen MR) is 114 cm³/mol. The van der Waals surface area contributed by atoms with Crippen molar-refractivity contribution in [2.45, 2.75) is 45.4 Å². The van der Waals surface area contributed by atoms with Gasteiger partial charge in [0.25, 0.3) is 0 Å². The monoisotopic (exact) mass is 435 g/mol. The number of fused-ring (bicyclic) bond motifs is 1. The maximum absolute atomic E-state index is 12.6. The molecule has 1 saturated heterocycles. The molecule has 4 N–H and O–H groups in total. The van der Waals surface area contributed by atoms with Crippen molar-refractivity contribution < 1.29 is 18.3 Å². The predicted octanol–water partition coefficient (Wildman–Crippen LogP) is 2.87. The third-order valence-electron chi connectivity index (χ3n) is 6.51. The van der Waals surface area contributed by atoms with Crippen LogP contribution in [0.1, 0.15) is 32.3 Å². The van der Waals surface area contributed by atoms with Gasteiger partial charge in [-0.1, -0.05) is 0 Å². The van der Waals surface area contributed by atoms with Crippen molar-refractivity contribution in [3.63, 3.8) is 0 Å². The van der Waals surface area contributed by atoms with Crippen molar-refractivity contribution >= 4 is 11.5 Å². The zero-order valence-electron chi connectivity index (χ0n) is 18.0. The molecule has 0 aromatic carbocycles. The van der Waals surface area contributed by atoms with E-state index in [0.717, 1.165) is 32.0 Å². The van der Waals surface area contributed by atoms with Gasteiger partial charge in [0.15, 0.2) is 11.6 Å². The van der Waals surface area contributed by atoms with E-state index < -0.39 is 6.61 Å². The molecule has 1 aliphatic heterocycles. The van der Waals surface area contributed by atoms with E-state index in [0.29, 0.717) is 29.4 Å². The lowest BCUT2D eigenvalue weighted by molar-refractivity contribution is -0.0495. The van der Waals surface area contributed by atoms with Crippen LogP contribution in [0.5, 0.6) is 5.75 Å². The summed E-state index contributed by atoms with van der Waals surface area (Å²) in [5, 5.41) is 12.0. The number of aromatic nitrogens is 1. The molecule has 0 amide bonds. The number of morpholine rings is 1. The van der Waals surface area contributed by atoms with E-state index in [1.165, 1.54) is 25.1 Å². The van der Waals surface area contributed by atoms with Crippen LogP contribution in [-0.2, 0) is 4.74 Å². The third-order valence-corrected chi connectivity index (χ3v) is 6.51. The van der Waals surface area contributed by atoms with Crippen LogP contribution < -0.4 is 15.8 Å². The third kappa shape index (κ3) is 4.98. The molecule has 2 heterocycles. The first-order valence-electron chi connectivity index (χ1n) is 10.9. The summed E-state index contributed by atoms with van der Waals surface area (Å²) >= 11 is 0. The minimum atomic E-state index is -2.99. The number of nitrogens with two attached hydrogens (primary N) is 1. The van der Waals surface area contributed by atoms with Crippen molar-refractivity contribution in [3.8, 4) is 5.75 Å². The average Bonchev–Trinajstić information content (AvgIpc) is 3.22. The molecule has 4 atom stereocenters. The van der Waals surface area contributed by atoms with E-state index in [1.807, 2.05) is 6.08 Å². The van der Waals surface area contributed by atoms with Crippen LogP contribution in [0.2, 0.25) is 0 Å². The summed E-state index contributed by atoms with van der Waals surface area (Å²) in [6.07, 6.45) is 5.58. The molecule has 7 nitrogen and oxygen atoms in total. The Bertz CT molecular complexity index is 829. The standard InChI is InChI=1S/C22H31F2N5O2/c1-12(2)28-18(10-17(25)13-7-19(31-22(23)24)21(26)27-11-13)20-15-8-14(9-16(15)20)29-3-5-30-6-4-29/h7,10-12,14-16,20,22,25,28H,3-6,8-9H2,1-2H3,(H2,26,27)/b18-10-,25-17?/t14-,15+,16-,20-. The van der Waals surface area contributed by atoms with E-state index in [1.54, 1.807) is 0 Å². The number of hydrogen-bond donors (Lipinski definition) is 3. The summed E-state index contributed by atoms with van der Waals surface area (Å²) in [5.41, 5.74) is 7.26. The highest BCUT2D eigenvalue weighted by Gasteiger charge is 2.58. The van der Waals surface area contributed by atoms with Crippen LogP contribution in [0.25, 0.3) is 0 Å². The van der Waals surface area contributed by atoms with E-state index in [-0.39, 0.29) is 23.3 Å². The molecule has 2 saturated carbocycles. The molecular weight excluding hydrogens is 404 g/mol. The number of ether oxygens (including phenoxy) is 2. The van der Waals surface area contributed by atoms with Crippen molar-refractivity contribution in [3.05, 3.63) is 29.6 Å². The normalized spacial score (nSPS) is 28.6. The summed E-state index contributed by atoms with van der Waals surface area (Å²) in [6, 6.07) is 2.21. The first-order chi connectivity index (χ1) is 14.8. The van der Waals surface area contributed by atoms with Gasteiger partial charge in [-0.25, -0.2) is 4.98 Å². The summed E-state index contributed by atoms with van der Waals surface area (Å²) in [4.78, 5) is 6.47. The van der Waals surface area contributed by atoms with Crippen LogP contribution in [0.15, 0.2) is 24.0 Å². The van der Waals surface area contributed by atoms with E-state index >= 15 is 0 Å². The maximum Gasteiger partial charge on any atom is 0.387 e. The van der Waals surface area contributed by atoms with Gasteiger partial charge in [-0.3, -0.25) is 4.90 Å². The maximum atomic E-state index is 12.6. The molecule has 2 aliphatic carbocycles. The smallest absolute Gasteiger partial charge is 0.387 e. The van der Waals surface area contributed by atoms with Crippen molar-refractivity contribution in [1.29, 1.82) is 5.41 Å². The topological polar surface area (TPSA) is 96.5 Å². The van der Waals surface area contributed by atoms with Crippen LogP contribution in [0.4, 0.5) is 14.6 Å². The molecule has 1 aromatic rings. The largest absolute Gasteiger partial charge is 0.431 e. The SMILES string of the molecule is CC(C)N/C(=C\C(=N)c1cnc(N)c(OC(F)F)c1)[C@H]1[C@@H]2C[C@H](N3CCOCC3)C[C@@H]21. The van der Waals surface area contributed by atoms with E-state index in [9.17, 15) is 8.78 Å². The quantitative estimate of drug-likeness (QED) is 0.544. The number of nitrogens with zero attached hydrogens (tertiary/aromatic N) is 2. The van der Waals surface area contributed by atoms with Gasteiger partial charge < -0.3 is 25.9 Å². The molecule has 4 rings (SSSR count). The Labute approximate surface area is 181 Å². The first-order valence-corrected chi connectivity index (χ1v) is 10.9. The first kappa shape index (κ1) is 22.0. The van der Waals surface area contributed by atoms with Gasteiger partial charge in [0.2, 0.25) is 0 Å². The Balaban J connectivity index is 1.46. The second kappa shape index (κ2) is 9.08. The highest BCUT2D eigenvalue weighted by molar-refractivity contribution is 6.07. The highest BCUT2D eigenvalue weighted by Crippen LogP contribution is 2.61. The Morgan fingerprint density at radius 3 is 2.61 bits per heavy atom. The molecule has 9 heteroatoms. The molecule has 0 bridgehead atoms. The Morgan fingerprint density at radius 1 is 1.32 bits per heavy atom. The number of nitrogens with one attached hydrogen (secondary N) is 2. The molecule has 31 heavy (non-hydrogen) atoms. The Morgan fingerprint density at radius 2 is 2.00 bits per heavy atom. The van der Waals surface area contributed by atoms with Gasteiger partial charge in [-0.05, 0) is 50.7 Å². The number of allylic oxidation sites excluding steroid dienone is 2. The zero-order valence-corrected chi connectivity index (χ0v) is 18.0. The fraction of sp³-hybridized carbons (Fsp3) is 0.636. The van der Waals surface area contributed by atoms with E-state index in [4.69, 9.17) is 15.9 Å². The number of anilines is 1. The summed E-state index contributed by atoms with van der Waals surface area (Å²) < 4.78 is 35.1. The highest BCUT2D eigenvalue weighted by atomic mass is 19.3.